The number of nitro groups is 1. The van der Waals surface area contributed by atoms with E-state index in [2.05, 4.69) is 11.2 Å². The van der Waals surface area contributed by atoms with Crippen LogP contribution in [0.15, 0.2) is 23.1 Å². The van der Waals surface area contributed by atoms with Crippen molar-refractivity contribution in [1.29, 1.82) is 0 Å². The Morgan fingerprint density at radius 3 is 2.71 bits per heavy atom. The number of aliphatic carboxylic acids is 1. The Kier molecular flexibility index (Phi) is 5.75. The number of carboxylic acid groups (broad SMARTS) is 1. The van der Waals surface area contributed by atoms with Crippen molar-refractivity contribution >= 4 is 29.3 Å². The monoisotopic (exact) mass is 308 g/mol. The minimum Gasteiger partial charge on any atom is -0.480 e. The number of carbonyl (C=O) groups is 2. The van der Waals surface area contributed by atoms with Gasteiger partial charge in [-0.2, -0.15) is 0 Å². The molecule has 1 atom stereocenters. The Balaban J connectivity index is 3.13. The van der Waals surface area contributed by atoms with Crippen LogP contribution in [-0.2, 0) is 4.79 Å². The van der Waals surface area contributed by atoms with Gasteiger partial charge in [0.05, 0.1) is 4.92 Å². The number of amides is 1. The fourth-order valence-electron chi connectivity index (χ4n) is 1.54. The lowest BCUT2D eigenvalue weighted by Gasteiger charge is -2.12. The van der Waals surface area contributed by atoms with Gasteiger partial charge in [-0.25, -0.2) is 4.79 Å². The van der Waals surface area contributed by atoms with E-state index in [0.29, 0.717) is 4.90 Å². The second-order valence-corrected chi connectivity index (χ2v) is 4.79. The van der Waals surface area contributed by atoms with Crippen molar-refractivity contribution in [1.82, 2.24) is 5.32 Å². The molecule has 0 heterocycles. The second kappa shape index (κ2) is 7.31. The summed E-state index contributed by atoms with van der Waals surface area (Å²) in [6.45, 7) is 0. The van der Waals surface area contributed by atoms with Gasteiger partial charge in [-0.05, 0) is 18.4 Å². The van der Waals surface area contributed by atoms with Crippen molar-refractivity contribution in [3.8, 4) is 12.3 Å². The molecule has 0 aromatic heterocycles. The summed E-state index contributed by atoms with van der Waals surface area (Å²) in [7, 11) is 0. The minimum absolute atomic E-state index is 0.199. The minimum atomic E-state index is -1.30. The van der Waals surface area contributed by atoms with Gasteiger partial charge in [0.1, 0.15) is 11.6 Å². The van der Waals surface area contributed by atoms with Gasteiger partial charge in [0.2, 0.25) is 0 Å². The van der Waals surface area contributed by atoms with Gasteiger partial charge in [0.25, 0.3) is 11.6 Å². The molecular weight excluding hydrogens is 296 g/mol. The first-order valence-electron chi connectivity index (χ1n) is 5.70. The van der Waals surface area contributed by atoms with Crippen LogP contribution < -0.4 is 5.32 Å². The molecule has 0 fully saturated rings. The molecule has 8 heteroatoms. The number of carboxylic acids is 1. The number of hydrogen-bond acceptors (Lipinski definition) is 5. The fourth-order valence-corrected chi connectivity index (χ4v) is 1.98. The average Bonchev–Trinajstić information content (AvgIpc) is 2.45. The standard InChI is InChI=1S/C13H12N2O5S/c1-3-4-10(13(17)18)14-12(16)9-7-8(21-2)5-6-11(9)15(19)20/h1,5-7,10H,4H2,2H3,(H,14,16)(H,17,18). The molecule has 1 rings (SSSR count). The predicted octanol–water partition coefficient (Wildman–Crippen LogP) is 1.52. The van der Waals surface area contributed by atoms with Crippen molar-refractivity contribution in [3.63, 3.8) is 0 Å². The zero-order valence-corrected chi connectivity index (χ0v) is 11.8. The lowest BCUT2D eigenvalue weighted by atomic mass is 10.1. The number of thioether (sulfide) groups is 1. The number of benzene rings is 1. The predicted molar refractivity (Wildman–Crippen MR) is 77.2 cm³/mol. The van der Waals surface area contributed by atoms with Crippen molar-refractivity contribution in [3.05, 3.63) is 33.9 Å². The number of rotatable bonds is 6. The fraction of sp³-hybridized carbons (Fsp3) is 0.231. The summed E-state index contributed by atoms with van der Waals surface area (Å²) in [4.78, 5) is 33.9. The summed E-state index contributed by atoms with van der Waals surface area (Å²) in [6.07, 6.45) is 6.57. The molecule has 0 radical (unpaired) electrons. The first kappa shape index (κ1) is 16.5. The molecule has 1 unspecified atom stereocenters. The molecule has 1 aromatic carbocycles. The lowest BCUT2D eigenvalue weighted by Crippen LogP contribution is -2.40. The third kappa shape index (κ3) is 4.22. The summed E-state index contributed by atoms with van der Waals surface area (Å²) < 4.78 is 0. The van der Waals surface area contributed by atoms with Gasteiger partial charge in [-0.15, -0.1) is 24.1 Å². The molecule has 21 heavy (non-hydrogen) atoms. The van der Waals surface area contributed by atoms with Gasteiger partial charge >= 0.3 is 5.97 Å². The molecule has 0 saturated heterocycles. The van der Waals surface area contributed by atoms with Crippen LogP contribution in [0.25, 0.3) is 0 Å². The Morgan fingerprint density at radius 2 is 2.24 bits per heavy atom. The van der Waals surface area contributed by atoms with Crippen LogP contribution in [0.1, 0.15) is 16.8 Å². The summed E-state index contributed by atoms with van der Waals surface area (Å²) in [5.41, 5.74) is -0.592. The highest BCUT2D eigenvalue weighted by atomic mass is 32.2. The molecule has 1 amide bonds. The highest BCUT2D eigenvalue weighted by molar-refractivity contribution is 7.98. The molecular formula is C13H12N2O5S. The average molecular weight is 308 g/mol. The Morgan fingerprint density at radius 1 is 1.57 bits per heavy atom. The number of nitrogens with zero attached hydrogens (tertiary/aromatic N) is 1. The van der Waals surface area contributed by atoms with Gasteiger partial charge in [-0.1, -0.05) is 0 Å². The molecule has 0 aliphatic carbocycles. The third-order valence-corrected chi connectivity index (χ3v) is 3.30. The number of nitrogens with one attached hydrogen (secondary N) is 1. The van der Waals surface area contributed by atoms with E-state index >= 15 is 0 Å². The molecule has 7 nitrogen and oxygen atoms in total. The van der Waals surface area contributed by atoms with Crippen LogP contribution in [0.2, 0.25) is 0 Å². The Bertz CT molecular complexity index is 623. The molecule has 0 aliphatic rings. The SMILES string of the molecule is C#CCC(NC(=O)c1cc(SC)ccc1[N+](=O)[O-])C(=O)O. The van der Waals surface area contributed by atoms with Crippen molar-refractivity contribution in [2.24, 2.45) is 0 Å². The molecule has 0 aliphatic heterocycles. The smallest absolute Gasteiger partial charge is 0.327 e. The summed E-state index contributed by atoms with van der Waals surface area (Å²) in [5, 5.41) is 22.1. The number of carbonyl (C=O) groups excluding carboxylic acids is 1. The van der Waals surface area contributed by atoms with Gasteiger partial charge in [0, 0.05) is 17.4 Å². The quantitative estimate of drug-likeness (QED) is 0.357. The van der Waals surface area contributed by atoms with Gasteiger partial charge < -0.3 is 10.4 Å². The maximum absolute atomic E-state index is 12.1. The van der Waals surface area contributed by atoms with Gasteiger partial charge in [0.15, 0.2) is 0 Å². The topological polar surface area (TPSA) is 110 Å². The van der Waals surface area contributed by atoms with Crippen molar-refractivity contribution < 1.29 is 19.6 Å². The Hall–Kier alpha value is -2.53. The first-order chi connectivity index (χ1) is 9.90. The van der Waals surface area contributed by atoms with E-state index in [1.165, 1.54) is 30.0 Å². The van der Waals surface area contributed by atoms with E-state index in [1.807, 2.05) is 0 Å². The Labute approximate surface area is 124 Å². The van der Waals surface area contributed by atoms with Gasteiger partial charge in [-0.3, -0.25) is 14.9 Å². The highest BCUT2D eigenvalue weighted by Crippen LogP contribution is 2.24. The van der Waals surface area contributed by atoms with Crippen LogP contribution >= 0.6 is 11.8 Å². The summed E-state index contributed by atoms with van der Waals surface area (Å²) in [5.74, 6) is -0.0156. The van der Waals surface area contributed by atoms with Crippen LogP contribution in [0, 0.1) is 22.5 Å². The van der Waals surface area contributed by atoms with Crippen molar-refractivity contribution in [2.45, 2.75) is 17.4 Å². The third-order valence-electron chi connectivity index (χ3n) is 2.57. The molecule has 0 saturated carbocycles. The first-order valence-corrected chi connectivity index (χ1v) is 6.92. The summed E-state index contributed by atoms with van der Waals surface area (Å²) in [6, 6.07) is 2.76. The molecule has 110 valence electrons. The highest BCUT2D eigenvalue weighted by Gasteiger charge is 2.25. The zero-order valence-electron chi connectivity index (χ0n) is 11.0. The van der Waals surface area contributed by atoms with E-state index < -0.39 is 28.5 Å². The van der Waals surface area contributed by atoms with Crippen LogP contribution in [0.5, 0.6) is 0 Å². The molecule has 1 aromatic rings. The van der Waals surface area contributed by atoms with E-state index in [1.54, 1.807) is 6.26 Å². The lowest BCUT2D eigenvalue weighted by molar-refractivity contribution is -0.385. The largest absolute Gasteiger partial charge is 0.480 e. The van der Waals surface area contributed by atoms with Crippen molar-refractivity contribution in [2.75, 3.05) is 6.26 Å². The van der Waals surface area contributed by atoms with E-state index in [9.17, 15) is 19.7 Å². The van der Waals surface area contributed by atoms with Crippen LogP contribution in [0.4, 0.5) is 5.69 Å². The van der Waals surface area contributed by atoms with E-state index in [4.69, 9.17) is 11.5 Å². The number of terminal acetylenes is 1. The molecule has 2 N–H and O–H groups in total. The summed E-state index contributed by atoms with van der Waals surface area (Å²) >= 11 is 1.30. The number of hydrogen-bond donors (Lipinski definition) is 2. The molecule has 0 bridgehead atoms. The van der Waals surface area contributed by atoms with E-state index in [0.717, 1.165) is 0 Å². The maximum atomic E-state index is 12.1. The zero-order chi connectivity index (χ0) is 16.0. The molecule has 0 spiro atoms. The van der Waals surface area contributed by atoms with Crippen LogP contribution in [0.3, 0.4) is 0 Å². The normalized spacial score (nSPS) is 11.2. The van der Waals surface area contributed by atoms with Crippen LogP contribution in [-0.4, -0.2) is 34.2 Å². The number of nitro benzene ring substituents is 1. The van der Waals surface area contributed by atoms with E-state index in [-0.39, 0.29) is 12.0 Å². The second-order valence-electron chi connectivity index (χ2n) is 3.91. The maximum Gasteiger partial charge on any atom is 0.327 e.